The topological polar surface area (TPSA) is 7.12 Å². The van der Waals surface area contributed by atoms with Gasteiger partial charge in [0, 0.05) is 40.8 Å². The van der Waals surface area contributed by atoms with E-state index in [9.17, 15) is 0 Å². The molecule has 0 saturated heterocycles. The minimum atomic E-state index is -0.0195. The second-order valence-corrected chi connectivity index (χ2v) is 15.1. The number of aryl methyl sites for hydroxylation is 4. The van der Waals surface area contributed by atoms with Crippen molar-refractivity contribution in [3.8, 4) is 11.1 Å². The molecule has 0 N–H and O–H groups in total. The summed E-state index contributed by atoms with van der Waals surface area (Å²) in [6.45, 7) is 8.74. The van der Waals surface area contributed by atoms with E-state index >= 15 is 0 Å². The van der Waals surface area contributed by atoms with E-state index in [1.54, 1.807) is 0 Å². The van der Waals surface area contributed by atoms with Gasteiger partial charge in [-0.2, -0.15) is 4.57 Å². The summed E-state index contributed by atoms with van der Waals surface area (Å²) < 4.78 is 2.34. The lowest BCUT2D eigenvalue weighted by atomic mass is 9.91. The summed E-state index contributed by atoms with van der Waals surface area (Å²) in [5, 5.41) is 0. The van der Waals surface area contributed by atoms with Crippen LogP contribution in [-0.4, -0.2) is 0 Å². The van der Waals surface area contributed by atoms with Crippen molar-refractivity contribution >= 4 is 22.5 Å². The Hall–Kier alpha value is -7.03. The molecule has 2 nitrogen and oxygen atoms in total. The van der Waals surface area contributed by atoms with Gasteiger partial charge in [0.15, 0.2) is 12.4 Å². The van der Waals surface area contributed by atoms with Crippen LogP contribution in [-0.2, 0) is 0 Å². The van der Waals surface area contributed by atoms with Crippen molar-refractivity contribution in [2.45, 2.75) is 33.7 Å². The summed E-state index contributed by atoms with van der Waals surface area (Å²) in [6.07, 6.45) is 9.18. The van der Waals surface area contributed by atoms with E-state index in [2.05, 4.69) is 256 Å². The van der Waals surface area contributed by atoms with Crippen molar-refractivity contribution in [3.05, 3.63) is 269 Å². The first-order valence-electron chi connectivity index (χ1n) is 20.1. The van der Waals surface area contributed by atoms with Crippen molar-refractivity contribution in [1.82, 2.24) is 0 Å². The maximum atomic E-state index is 2.42. The lowest BCUT2D eigenvalue weighted by Crippen LogP contribution is -2.38. The Morgan fingerprint density at radius 1 is 0.448 bits per heavy atom. The molecular weight excluding hydrogens is 701 g/mol. The van der Waals surface area contributed by atoms with Gasteiger partial charge in [-0.15, -0.1) is 0 Å². The van der Waals surface area contributed by atoms with Crippen LogP contribution in [0, 0.1) is 27.7 Å². The normalized spacial score (nSPS) is 11.4. The van der Waals surface area contributed by atoms with E-state index in [0.717, 1.165) is 16.9 Å². The molecule has 8 aromatic rings. The Labute approximate surface area is 344 Å². The number of anilines is 2. The zero-order chi connectivity index (χ0) is 39.8. The summed E-state index contributed by atoms with van der Waals surface area (Å²) >= 11 is 0. The molecule has 0 amide bonds. The molecular formula is C56H49N2+. The number of nitrogens with zero attached hydrogens (tertiary/aromatic N) is 2. The third kappa shape index (κ3) is 8.53. The van der Waals surface area contributed by atoms with Gasteiger partial charge in [-0.1, -0.05) is 175 Å². The maximum Gasteiger partial charge on any atom is 0.203 e. The van der Waals surface area contributed by atoms with Crippen LogP contribution in [0.4, 0.5) is 11.4 Å². The molecule has 1 atom stereocenters. The molecule has 58 heavy (non-hydrogen) atoms. The molecule has 7 aromatic carbocycles. The van der Waals surface area contributed by atoms with Gasteiger partial charge in [0.1, 0.15) is 0 Å². The molecule has 282 valence electrons. The fraction of sp³-hybridized carbons (Fsp3) is 0.0893. The van der Waals surface area contributed by atoms with E-state index < -0.39 is 0 Å². The summed E-state index contributed by atoms with van der Waals surface area (Å²) in [6, 6.07) is 69.7. The highest BCUT2D eigenvalue weighted by molar-refractivity contribution is 5.85. The van der Waals surface area contributed by atoms with E-state index in [1.165, 1.54) is 66.8 Å². The van der Waals surface area contributed by atoms with Crippen molar-refractivity contribution in [3.63, 3.8) is 0 Å². The highest BCUT2D eigenvalue weighted by Gasteiger charge is 2.23. The predicted octanol–water partition coefficient (Wildman–Crippen LogP) is 13.8. The lowest BCUT2D eigenvalue weighted by molar-refractivity contribution is -0.703. The second kappa shape index (κ2) is 17.4. The van der Waals surface area contributed by atoms with Crippen molar-refractivity contribution in [2.24, 2.45) is 0 Å². The lowest BCUT2D eigenvalue weighted by Gasteiger charge is -2.25. The summed E-state index contributed by atoms with van der Waals surface area (Å²) in [7, 11) is 0. The predicted molar refractivity (Wildman–Crippen MR) is 244 cm³/mol. The van der Waals surface area contributed by atoms with Gasteiger partial charge < -0.3 is 4.90 Å². The van der Waals surface area contributed by atoms with Crippen molar-refractivity contribution in [2.75, 3.05) is 4.90 Å². The van der Waals surface area contributed by atoms with Crippen LogP contribution in [0.25, 0.3) is 22.3 Å². The molecule has 1 heterocycles. The van der Waals surface area contributed by atoms with E-state index in [4.69, 9.17) is 0 Å². The molecule has 2 heteroatoms. The Kier molecular flexibility index (Phi) is 11.4. The highest BCUT2D eigenvalue weighted by atomic mass is 15.1. The number of benzene rings is 7. The molecule has 0 saturated carbocycles. The van der Waals surface area contributed by atoms with E-state index in [-0.39, 0.29) is 6.04 Å². The van der Waals surface area contributed by atoms with Crippen LogP contribution in [0.2, 0.25) is 0 Å². The third-order valence-electron chi connectivity index (χ3n) is 10.9. The van der Waals surface area contributed by atoms with Crippen LogP contribution < -0.4 is 9.47 Å². The van der Waals surface area contributed by atoms with E-state index in [0.29, 0.717) is 0 Å². The first-order valence-corrected chi connectivity index (χ1v) is 20.1. The number of pyridine rings is 1. The number of aromatic nitrogens is 1. The first kappa shape index (κ1) is 37.9. The number of rotatable bonds is 11. The SMILES string of the molecule is Cc1ccc(C(C=C(c2ccccc2)c2ccccc2)[n+]2ccc(-c3ccc(N(C=C(c4ccccc4)c4ccccc4)c4ccc(C)cc4C)cc3)cc2)c(C)c1. The molecule has 0 fully saturated rings. The quantitative estimate of drug-likeness (QED) is 0.119. The number of allylic oxidation sites excluding steroid dienone is 1. The molecule has 0 aliphatic heterocycles. The standard InChI is InChI=1S/C56H49N2/c1-41-25-31-52(43(3)37-41)56(39-53(47-17-9-5-10-18-47)48-19-11-6-12-20-48)57-35-33-46(34-36-57)45-27-29-51(30-28-45)58(55-32-26-42(2)38-44(55)4)40-54(49-21-13-7-14-22-49)50-23-15-8-16-24-50/h5-40,56H,1-4H3/q+1. The molecule has 0 aliphatic carbocycles. The summed E-state index contributed by atoms with van der Waals surface area (Å²) in [5.74, 6) is 0. The molecule has 0 spiro atoms. The molecule has 0 radical (unpaired) electrons. The number of hydrogen-bond acceptors (Lipinski definition) is 1. The molecule has 1 unspecified atom stereocenters. The number of hydrogen-bond donors (Lipinski definition) is 0. The van der Waals surface area contributed by atoms with E-state index in [1.807, 2.05) is 0 Å². The van der Waals surface area contributed by atoms with Crippen LogP contribution >= 0.6 is 0 Å². The Bertz CT molecular complexity index is 2390. The molecule has 8 rings (SSSR count). The first-order chi connectivity index (χ1) is 28.4. The molecule has 0 aliphatic rings. The van der Waals surface area contributed by atoms with Crippen LogP contribution in [0.5, 0.6) is 0 Å². The molecule has 1 aromatic heterocycles. The smallest absolute Gasteiger partial charge is 0.203 e. The average molecular weight is 750 g/mol. The van der Waals surface area contributed by atoms with Gasteiger partial charge in [-0.05, 0) is 102 Å². The van der Waals surface area contributed by atoms with Crippen LogP contribution in [0.15, 0.2) is 219 Å². The zero-order valence-electron chi connectivity index (χ0n) is 33.8. The summed E-state index contributed by atoms with van der Waals surface area (Å²) in [4.78, 5) is 2.34. The summed E-state index contributed by atoms with van der Waals surface area (Å²) in [5.41, 5.74) is 18.0. The van der Waals surface area contributed by atoms with Crippen LogP contribution in [0.3, 0.4) is 0 Å². The van der Waals surface area contributed by atoms with Gasteiger partial charge in [-0.25, -0.2) is 0 Å². The van der Waals surface area contributed by atoms with Crippen molar-refractivity contribution in [1.29, 1.82) is 0 Å². The van der Waals surface area contributed by atoms with Gasteiger partial charge in [0.05, 0.1) is 0 Å². The van der Waals surface area contributed by atoms with Crippen molar-refractivity contribution < 1.29 is 4.57 Å². The Balaban J connectivity index is 1.18. The maximum absolute atomic E-state index is 2.42. The van der Waals surface area contributed by atoms with Gasteiger partial charge >= 0.3 is 0 Å². The zero-order valence-corrected chi connectivity index (χ0v) is 33.8. The van der Waals surface area contributed by atoms with Crippen LogP contribution in [0.1, 0.15) is 56.1 Å². The largest absolute Gasteiger partial charge is 0.316 e. The minimum Gasteiger partial charge on any atom is -0.316 e. The van der Waals surface area contributed by atoms with Gasteiger partial charge in [0.2, 0.25) is 6.04 Å². The Morgan fingerprint density at radius 2 is 0.897 bits per heavy atom. The Morgan fingerprint density at radius 3 is 1.38 bits per heavy atom. The monoisotopic (exact) mass is 749 g/mol. The van der Waals surface area contributed by atoms with Gasteiger partial charge in [-0.3, -0.25) is 0 Å². The minimum absolute atomic E-state index is 0.0195. The fourth-order valence-electron chi connectivity index (χ4n) is 7.92. The van der Waals surface area contributed by atoms with Gasteiger partial charge in [0.25, 0.3) is 0 Å². The second-order valence-electron chi connectivity index (χ2n) is 15.1. The average Bonchev–Trinajstić information content (AvgIpc) is 3.27. The molecule has 0 bridgehead atoms. The third-order valence-corrected chi connectivity index (χ3v) is 10.9. The fourth-order valence-corrected chi connectivity index (χ4v) is 7.92. The highest BCUT2D eigenvalue weighted by Crippen LogP contribution is 2.35.